The van der Waals surface area contributed by atoms with Crippen LogP contribution in [0.1, 0.15) is 25.1 Å². The van der Waals surface area contributed by atoms with Crippen LogP contribution in [0.2, 0.25) is 0 Å². The molecule has 4 nitrogen and oxygen atoms in total. The van der Waals surface area contributed by atoms with Crippen molar-refractivity contribution in [1.82, 2.24) is 9.97 Å². The van der Waals surface area contributed by atoms with E-state index in [1.807, 2.05) is 25.9 Å². The summed E-state index contributed by atoms with van der Waals surface area (Å²) in [6, 6.07) is 0. The number of hydrogen-bond donors (Lipinski definition) is 1. The first-order valence-electron chi connectivity index (χ1n) is 5.38. The average molecular weight is 208 g/mol. The molecule has 1 aromatic heterocycles. The number of aromatic nitrogens is 2. The van der Waals surface area contributed by atoms with Crippen LogP contribution >= 0.6 is 0 Å². The fraction of sp³-hybridized carbons (Fsp3) is 0.636. The summed E-state index contributed by atoms with van der Waals surface area (Å²) in [7, 11) is 3.91. The van der Waals surface area contributed by atoms with E-state index in [9.17, 15) is 0 Å². The number of nitrogens with zero attached hydrogens (tertiary/aromatic N) is 3. The second kappa shape index (κ2) is 4.96. The molecule has 0 aliphatic rings. The maximum absolute atomic E-state index is 4.50. The third-order valence-electron chi connectivity index (χ3n) is 2.30. The molecule has 0 fully saturated rings. The average Bonchev–Trinajstić information content (AvgIpc) is 2.17. The lowest BCUT2D eigenvalue weighted by molar-refractivity contribution is 0.934. The van der Waals surface area contributed by atoms with Crippen molar-refractivity contribution in [1.29, 1.82) is 0 Å². The summed E-state index contributed by atoms with van der Waals surface area (Å²) in [5.74, 6) is 1.73. The first-order chi connectivity index (χ1) is 7.10. The van der Waals surface area contributed by atoms with E-state index in [-0.39, 0.29) is 0 Å². The Morgan fingerprint density at radius 2 is 1.87 bits per heavy atom. The predicted molar refractivity (Wildman–Crippen MR) is 64.6 cm³/mol. The van der Waals surface area contributed by atoms with Gasteiger partial charge in [-0.15, -0.1) is 0 Å². The SMILES string of the molecule is CCNc1nc(N(C)C)nc(C)c1CC. The van der Waals surface area contributed by atoms with Gasteiger partial charge in [0.05, 0.1) is 0 Å². The Morgan fingerprint density at radius 3 is 2.33 bits per heavy atom. The number of rotatable bonds is 4. The van der Waals surface area contributed by atoms with Crippen LogP contribution in [0.4, 0.5) is 11.8 Å². The Kier molecular flexibility index (Phi) is 3.88. The van der Waals surface area contributed by atoms with Crippen LogP contribution in [0, 0.1) is 6.92 Å². The molecular formula is C11H20N4. The van der Waals surface area contributed by atoms with E-state index in [2.05, 4.69) is 29.1 Å². The Balaban J connectivity index is 3.19. The predicted octanol–water partition coefficient (Wildman–Crippen LogP) is 1.85. The lowest BCUT2D eigenvalue weighted by Gasteiger charge is -2.16. The minimum Gasteiger partial charge on any atom is -0.370 e. The first-order valence-corrected chi connectivity index (χ1v) is 5.38. The van der Waals surface area contributed by atoms with E-state index in [1.165, 1.54) is 5.56 Å². The second-order valence-electron chi connectivity index (χ2n) is 3.71. The molecule has 1 N–H and O–H groups in total. The van der Waals surface area contributed by atoms with Gasteiger partial charge in [0.2, 0.25) is 5.95 Å². The molecule has 0 spiro atoms. The van der Waals surface area contributed by atoms with Crippen LogP contribution in [0.5, 0.6) is 0 Å². The van der Waals surface area contributed by atoms with Gasteiger partial charge in [-0.3, -0.25) is 0 Å². The molecule has 0 unspecified atom stereocenters. The number of hydrogen-bond acceptors (Lipinski definition) is 4. The van der Waals surface area contributed by atoms with Crippen molar-refractivity contribution in [2.45, 2.75) is 27.2 Å². The van der Waals surface area contributed by atoms with E-state index in [0.717, 1.165) is 30.4 Å². The third-order valence-corrected chi connectivity index (χ3v) is 2.30. The van der Waals surface area contributed by atoms with Crippen molar-refractivity contribution < 1.29 is 0 Å². The number of nitrogens with one attached hydrogen (secondary N) is 1. The molecule has 1 heterocycles. The van der Waals surface area contributed by atoms with Crippen LogP contribution in [0.25, 0.3) is 0 Å². The highest BCUT2D eigenvalue weighted by Gasteiger charge is 2.10. The van der Waals surface area contributed by atoms with E-state index >= 15 is 0 Å². The zero-order valence-electron chi connectivity index (χ0n) is 10.3. The van der Waals surface area contributed by atoms with Crippen LogP contribution in [-0.4, -0.2) is 30.6 Å². The molecule has 84 valence electrons. The highest BCUT2D eigenvalue weighted by molar-refractivity contribution is 5.50. The summed E-state index contributed by atoms with van der Waals surface area (Å²) in [6.07, 6.45) is 0.960. The second-order valence-corrected chi connectivity index (χ2v) is 3.71. The Hall–Kier alpha value is -1.32. The largest absolute Gasteiger partial charge is 0.370 e. The topological polar surface area (TPSA) is 41.1 Å². The van der Waals surface area contributed by atoms with Gasteiger partial charge in [-0.1, -0.05) is 6.92 Å². The smallest absolute Gasteiger partial charge is 0.227 e. The van der Waals surface area contributed by atoms with Gasteiger partial charge in [0.15, 0.2) is 0 Å². The number of anilines is 2. The van der Waals surface area contributed by atoms with E-state index in [0.29, 0.717) is 0 Å². The molecule has 0 saturated carbocycles. The zero-order valence-corrected chi connectivity index (χ0v) is 10.3. The van der Waals surface area contributed by atoms with Crippen LogP contribution in [0.3, 0.4) is 0 Å². The first kappa shape index (κ1) is 11.8. The van der Waals surface area contributed by atoms with Gasteiger partial charge in [-0.05, 0) is 20.3 Å². The fourth-order valence-electron chi connectivity index (χ4n) is 1.52. The molecular weight excluding hydrogens is 188 g/mol. The Labute approximate surface area is 91.7 Å². The minimum atomic E-state index is 0.764. The maximum atomic E-state index is 4.50. The molecule has 0 atom stereocenters. The molecule has 0 aliphatic carbocycles. The normalized spacial score (nSPS) is 10.2. The van der Waals surface area contributed by atoms with Crippen LogP contribution in [0.15, 0.2) is 0 Å². The molecule has 0 radical (unpaired) electrons. The van der Waals surface area contributed by atoms with Gasteiger partial charge in [-0.25, -0.2) is 4.98 Å². The molecule has 0 bridgehead atoms. The van der Waals surface area contributed by atoms with Gasteiger partial charge in [-0.2, -0.15) is 4.98 Å². The molecule has 0 amide bonds. The zero-order chi connectivity index (χ0) is 11.4. The highest BCUT2D eigenvalue weighted by Crippen LogP contribution is 2.19. The van der Waals surface area contributed by atoms with Gasteiger partial charge in [0, 0.05) is 31.9 Å². The van der Waals surface area contributed by atoms with Gasteiger partial charge < -0.3 is 10.2 Å². The lowest BCUT2D eigenvalue weighted by Crippen LogP contribution is -2.16. The van der Waals surface area contributed by atoms with Crippen LogP contribution < -0.4 is 10.2 Å². The van der Waals surface area contributed by atoms with Crippen molar-refractivity contribution >= 4 is 11.8 Å². The summed E-state index contributed by atoms with van der Waals surface area (Å²) in [5, 5.41) is 3.29. The maximum Gasteiger partial charge on any atom is 0.227 e. The van der Waals surface area contributed by atoms with Gasteiger partial charge in [0.1, 0.15) is 5.82 Å². The molecule has 0 saturated heterocycles. The van der Waals surface area contributed by atoms with Crippen molar-refractivity contribution in [3.05, 3.63) is 11.3 Å². The fourth-order valence-corrected chi connectivity index (χ4v) is 1.52. The van der Waals surface area contributed by atoms with Crippen molar-refractivity contribution in [2.24, 2.45) is 0 Å². The molecule has 1 rings (SSSR count). The van der Waals surface area contributed by atoms with Gasteiger partial charge >= 0.3 is 0 Å². The highest BCUT2D eigenvalue weighted by atomic mass is 15.2. The monoisotopic (exact) mass is 208 g/mol. The summed E-state index contributed by atoms with van der Waals surface area (Å²) in [4.78, 5) is 10.9. The molecule has 15 heavy (non-hydrogen) atoms. The standard InChI is InChI=1S/C11H20N4/c1-6-9-8(3)13-11(15(4)5)14-10(9)12-7-2/h6-7H2,1-5H3,(H,12,13,14). The Bertz CT molecular complexity index is 334. The summed E-state index contributed by atoms with van der Waals surface area (Å²) in [6.45, 7) is 7.12. The van der Waals surface area contributed by atoms with Crippen LogP contribution in [-0.2, 0) is 6.42 Å². The Morgan fingerprint density at radius 1 is 1.20 bits per heavy atom. The summed E-state index contributed by atoms with van der Waals surface area (Å²) < 4.78 is 0. The van der Waals surface area contributed by atoms with E-state index in [4.69, 9.17) is 0 Å². The summed E-state index contributed by atoms with van der Waals surface area (Å²) >= 11 is 0. The molecule has 0 aliphatic heterocycles. The van der Waals surface area contributed by atoms with E-state index in [1.54, 1.807) is 0 Å². The third kappa shape index (κ3) is 2.58. The van der Waals surface area contributed by atoms with Crippen molar-refractivity contribution in [3.8, 4) is 0 Å². The molecule has 0 aromatic carbocycles. The van der Waals surface area contributed by atoms with Crippen molar-refractivity contribution in [2.75, 3.05) is 30.9 Å². The molecule has 4 heteroatoms. The molecule has 1 aromatic rings. The van der Waals surface area contributed by atoms with E-state index < -0.39 is 0 Å². The van der Waals surface area contributed by atoms with Crippen molar-refractivity contribution in [3.63, 3.8) is 0 Å². The quantitative estimate of drug-likeness (QED) is 0.819. The summed E-state index contributed by atoms with van der Waals surface area (Å²) in [5.41, 5.74) is 2.27. The lowest BCUT2D eigenvalue weighted by atomic mass is 10.1. The van der Waals surface area contributed by atoms with Gasteiger partial charge in [0.25, 0.3) is 0 Å². The minimum absolute atomic E-state index is 0.764. The number of aryl methyl sites for hydroxylation is 1.